The second-order valence-corrected chi connectivity index (χ2v) is 5.65. The van der Waals surface area contributed by atoms with Gasteiger partial charge in [0.2, 0.25) is 0 Å². The van der Waals surface area contributed by atoms with E-state index in [9.17, 15) is 5.11 Å². The lowest BCUT2D eigenvalue weighted by Crippen LogP contribution is -2.00. The standard InChI is InChI=1S/C14H10Br2N2O/c15-11-5-9(7-17)1-3-13(11)18-8-10-2-4-14(19)12(16)6-10/h1-6,18-19H,8H2. The number of halogens is 2. The van der Waals surface area contributed by atoms with E-state index < -0.39 is 0 Å². The summed E-state index contributed by atoms with van der Waals surface area (Å²) in [6.45, 7) is 0.628. The van der Waals surface area contributed by atoms with Crippen molar-refractivity contribution in [3.63, 3.8) is 0 Å². The first kappa shape index (κ1) is 13.9. The molecule has 2 N–H and O–H groups in total. The Morgan fingerprint density at radius 3 is 2.53 bits per heavy atom. The lowest BCUT2D eigenvalue weighted by atomic mass is 10.2. The average molecular weight is 382 g/mol. The topological polar surface area (TPSA) is 56.0 Å². The van der Waals surface area contributed by atoms with Crippen LogP contribution in [0.3, 0.4) is 0 Å². The lowest BCUT2D eigenvalue weighted by Gasteiger charge is -2.09. The van der Waals surface area contributed by atoms with Crippen molar-refractivity contribution in [3.05, 3.63) is 56.5 Å². The molecule has 0 aliphatic carbocycles. The molecule has 0 unspecified atom stereocenters. The molecule has 5 heteroatoms. The zero-order chi connectivity index (χ0) is 13.8. The number of phenolic OH excluding ortho intramolecular Hbond substituents is 1. The fraction of sp³-hybridized carbons (Fsp3) is 0.0714. The molecule has 2 aromatic rings. The number of hydrogen-bond acceptors (Lipinski definition) is 3. The molecule has 0 saturated carbocycles. The van der Waals surface area contributed by atoms with E-state index in [2.05, 4.69) is 43.2 Å². The van der Waals surface area contributed by atoms with Gasteiger partial charge in [0.1, 0.15) is 5.75 Å². The van der Waals surface area contributed by atoms with Crippen LogP contribution < -0.4 is 5.32 Å². The van der Waals surface area contributed by atoms with Gasteiger partial charge in [0.05, 0.1) is 16.1 Å². The molecular weight excluding hydrogens is 372 g/mol. The van der Waals surface area contributed by atoms with E-state index in [0.29, 0.717) is 16.6 Å². The normalized spacial score (nSPS) is 9.95. The molecule has 0 saturated heterocycles. The molecule has 96 valence electrons. The molecule has 0 aromatic heterocycles. The second kappa shape index (κ2) is 6.09. The van der Waals surface area contributed by atoms with E-state index in [0.717, 1.165) is 15.7 Å². The highest BCUT2D eigenvalue weighted by atomic mass is 79.9. The summed E-state index contributed by atoms with van der Waals surface area (Å²) in [6.07, 6.45) is 0. The third-order valence-electron chi connectivity index (χ3n) is 2.59. The summed E-state index contributed by atoms with van der Waals surface area (Å²) in [5.41, 5.74) is 2.58. The average Bonchev–Trinajstić information content (AvgIpc) is 2.41. The molecule has 0 radical (unpaired) electrons. The Balaban J connectivity index is 2.10. The maximum Gasteiger partial charge on any atom is 0.129 e. The Labute approximate surface area is 128 Å². The van der Waals surface area contributed by atoms with Gasteiger partial charge in [-0.2, -0.15) is 5.26 Å². The first-order valence-electron chi connectivity index (χ1n) is 5.51. The molecule has 0 fully saturated rings. The highest BCUT2D eigenvalue weighted by Crippen LogP contribution is 2.26. The van der Waals surface area contributed by atoms with Crippen molar-refractivity contribution in [3.8, 4) is 11.8 Å². The van der Waals surface area contributed by atoms with Crippen LogP contribution in [-0.4, -0.2) is 5.11 Å². The van der Waals surface area contributed by atoms with Crippen molar-refractivity contribution < 1.29 is 5.11 Å². The van der Waals surface area contributed by atoms with E-state index in [1.165, 1.54) is 0 Å². The van der Waals surface area contributed by atoms with Crippen LogP contribution in [0, 0.1) is 11.3 Å². The number of anilines is 1. The summed E-state index contributed by atoms with van der Waals surface area (Å²) in [6, 6.07) is 12.8. The summed E-state index contributed by atoms with van der Waals surface area (Å²) in [7, 11) is 0. The minimum atomic E-state index is 0.225. The van der Waals surface area contributed by atoms with Gasteiger partial charge < -0.3 is 10.4 Å². The summed E-state index contributed by atoms with van der Waals surface area (Å²) in [5, 5.41) is 21.5. The maximum atomic E-state index is 9.43. The summed E-state index contributed by atoms with van der Waals surface area (Å²) in [5.74, 6) is 0.225. The minimum absolute atomic E-state index is 0.225. The third-order valence-corrected chi connectivity index (χ3v) is 3.88. The van der Waals surface area contributed by atoms with Crippen LogP contribution in [0.1, 0.15) is 11.1 Å². The Morgan fingerprint density at radius 1 is 1.11 bits per heavy atom. The van der Waals surface area contributed by atoms with Crippen molar-refractivity contribution >= 4 is 37.5 Å². The van der Waals surface area contributed by atoms with E-state index >= 15 is 0 Å². The molecule has 2 aromatic carbocycles. The van der Waals surface area contributed by atoms with Gasteiger partial charge in [0.15, 0.2) is 0 Å². The summed E-state index contributed by atoms with van der Waals surface area (Å²) >= 11 is 6.71. The van der Waals surface area contributed by atoms with Gasteiger partial charge in [-0.1, -0.05) is 6.07 Å². The molecule has 2 rings (SSSR count). The van der Waals surface area contributed by atoms with Crippen molar-refractivity contribution in [2.75, 3.05) is 5.32 Å². The van der Waals surface area contributed by atoms with Crippen LogP contribution in [0.2, 0.25) is 0 Å². The smallest absolute Gasteiger partial charge is 0.129 e. The van der Waals surface area contributed by atoms with Gasteiger partial charge in [0.25, 0.3) is 0 Å². The van der Waals surface area contributed by atoms with Gasteiger partial charge in [-0.15, -0.1) is 0 Å². The fourth-order valence-electron chi connectivity index (χ4n) is 1.59. The molecule has 0 aliphatic heterocycles. The Kier molecular flexibility index (Phi) is 4.46. The molecule has 0 aliphatic rings. The zero-order valence-corrected chi connectivity index (χ0v) is 13.0. The van der Waals surface area contributed by atoms with E-state index in [4.69, 9.17) is 5.26 Å². The van der Waals surface area contributed by atoms with Crippen LogP contribution in [-0.2, 0) is 6.54 Å². The number of nitrogens with one attached hydrogen (secondary N) is 1. The van der Waals surface area contributed by atoms with Gasteiger partial charge in [-0.3, -0.25) is 0 Å². The predicted molar refractivity (Wildman–Crippen MR) is 82.0 cm³/mol. The van der Waals surface area contributed by atoms with Crippen LogP contribution in [0.25, 0.3) is 0 Å². The summed E-state index contributed by atoms with van der Waals surface area (Å²) < 4.78 is 1.52. The number of nitrogens with zero attached hydrogens (tertiary/aromatic N) is 1. The molecule has 0 atom stereocenters. The van der Waals surface area contributed by atoms with Crippen LogP contribution >= 0.6 is 31.9 Å². The Morgan fingerprint density at radius 2 is 1.89 bits per heavy atom. The van der Waals surface area contributed by atoms with Crippen LogP contribution in [0.4, 0.5) is 5.69 Å². The SMILES string of the molecule is N#Cc1ccc(NCc2ccc(O)c(Br)c2)c(Br)c1. The molecular formula is C14H10Br2N2O. The molecule has 0 bridgehead atoms. The number of benzene rings is 2. The monoisotopic (exact) mass is 380 g/mol. The van der Waals surface area contributed by atoms with E-state index in [-0.39, 0.29) is 5.75 Å². The summed E-state index contributed by atoms with van der Waals surface area (Å²) in [4.78, 5) is 0. The zero-order valence-electron chi connectivity index (χ0n) is 9.82. The van der Waals surface area contributed by atoms with Gasteiger partial charge in [-0.25, -0.2) is 0 Å². The number of hydrogen-bond donors (Lipinski definition) is 2. The largest absolute Gasteiger partial charge is 0.507 e. The number of rotatable bonds is 3. The minimum Gasteiger partial charge on any atom is -0.507 e. The van der Waals surface area contributed by atoms with Crippen molar-refractivity contribution in [2.45, 2.75) is 6.54 Å². The highest BCUT2D eigenvalue weighted by Gasteiger charge is 2.03. The Hall–Kier alpha value is -1.51. The Bertz CT molecular complexity index is 650. The van der Waals surface area contributed by atoms with Crippen molar-refractivity contribution in [1.82, 2.24) is 0 Å². The lowest BCUT2D eigenvalue weighted by molar-refractivity contribution is 0.471. The molecule has 0 amide bonds. The highest BCUT2D eigenvalue weighted by molar-refractivity contribution is 9.11. The number of aromatic hydroxyl groups is 1. The molecule has 3 nitrogen and oxygen atoms in total. The number of nitriles is 1. The first-order chi connectivity index (χ1) is 9.10. The van der Waals surface area contributed by atoms with Crippen LogP contribution in [0.15, 0.2) is 45.3 Å². The molecule has 0 spiro atoms. The van der Waals surface area contributed by atoms with E-state index in [1.54, 1.807) is 18.2 Å². The number of phenols is 1. The van der Waals surface area contributed by atoms with Crippen LogP contribution in [0.5, 0.6) is 5.75 Å². The van der Waals surface area contributed by atoms with Gasteiger partial charge >= 0.3 is 0 Å². The van der Waals surface area contributed by atoms with Crippen molar-refractivity contribution in [2.24, 2.45) is 0 Å². The van der Waals surface area contributed by atoms with Gasteiger partial charge in [0, 0.05) is 16.7 Å². The third kappa shape index (κ3) is 3.49. The predicted octanol–water partition coefficient (Wildman–Crippen LogP) is 4.40. The maximum absolute atomic E-state index is 9.43. The van der Waals surface area contributed by atoms with Gasteiger partial charge in [-0.05, 0) is 67.8 Å². The molecule has 0 heterocycles. The quantitative estimate of drug-likeness (QED) is 0.828. The fourth-order valence-corrected chi connectivity index (χ4v) is 2.53. The second-order valence-electron chi connectivity index (χ2n) is 3.95. The van der Waals surface area contributed by atoms with E-state index in [1.807, 2.05) is 18.2 Å². The first-order valence-corrected chi connectivity index (χ1v) is 7.09. The molecule has 19 heavy (non-hydrogen) atoms. The van der Waals surface area contributed by atoms with Crippen molar-refractivity contribution in [1.29, 1.82) is 5.26 Å².